The average Bonchev–Trinajstić information content (AvgIpc) is 0.674. The lowest BCUT2D eigenvalue weighted by molar-refractivity contribution is -0.266. The summed E-state index contributed by atoms with van der Waals surface area (Å²) >= 11 is 0. The summed E-state index contributed by atoms with van der Waals surface area (Å²) in [6.45, 7) is 14.3. The van der Waals surface area contributed by atoms with Gasteiger partial charge in [-0.1, -0.05) is 69.3 Å². The van der Waals surface area contributed by atoms with E-state index >= 15 is 9.59 Å². The van der Waals surface area contributed by atoms with Gasteiger partial charge < -0.3 is 67.0 Å². The number of nitrogens with two attached hydrogens (primary N) is 2. The highest BCUT2D eigenvalue weighted by molar-refractivity contribution is 5.97. The molecule has 4 aliphatic carbocycles. The number of hydrogen-bond donors (Lipinski definition) is 9. The van der Waals surface area contributed by atoms with E-state index in [9.17, 15) is 67.3 Å². The van der Waals surface area contributed by atoms with E-state index in [2.05, 4.69) is 21.3 Å². The Morgan fingerprint density at radius 1 is 0.804 bits per heavy atom. The number of unbranched alkanes of at least 4 members (excludes halogenated alkanes) is 1. The number of alkyl carbamates (subject to hydrolysis) is 1. The van der Waals surface area contributed by atoms with Crippen LogP contribution in [0.3, 0.4) is 0 Å². The third-order valence-corrected chi connectivity index (χ3v) is 19.9. The van der Waals surface area contributed by atoms with E-state index in [-0.39, 0.29) is 78.8 Å². The van der Waals surface area contributed by atoms with Crippen molar-refractivity contribution < 1.29 is 95.8 Å². The van der Waals surface area contributed by atoms with Crippen LogP contribution in [0.2, 0.25) is 0 Å². The van der Waals surface area contributed by atoms with Gasteiger partial charge in [-0.15, -0.1) is 0 Å². The first-order chi connectivity index (χ1) is 45.4. The van der Waals surface area contributed by atoms with Crippen molar-refractivity contribution in [3.05, 3.63) is 124 Å². The minimum Gasteiger partial charge on any atom is -0.455 e. The lowest BCUT2D eigenvalue weighted by Crippen LogP contribution is -2.75. The fraction of sp³-hybridized carbons (Fsp3) is 0.535. The Morgan fingerprint density at radius 2 is 1.46 bits per heavy atom. The first kappa shape index (κ1) is 75.6. The molecular formula is C71H90F2N6O18. The second kappa shape index (κ2) is 31.2. The molecule has 4 aliphatic rings. The maximum atomic E-state index is 15.3. The van der Waals surface area contributed by atoms with Crippen LogP contribution in [0, 0.1) is 45.6 Å². The van der Waals surface area contributed by atoms with Gasteiger partial charge in [0.15, 0.2) is 11.6 Å². The number of hydrogen-bond acceptors (Lipinski definition) is 18. The van der Waals surface area contributed by atoms with Crippen molar-refractivity contribution in [1.82, 2.24) is 21.3 Å². The molecule has 3 saturated carbocycles. The van der Waals surface area contributed by atoms with E-state index in [0.29, 0.717) is 18.9 Å². The largest absolute Gasteiger partial charge is 0.455 e. The molecule has 526 valence electrons. The normalized spacial score (nSPS) is 25.6. The van der Waals surface area contributed by atoms with Crippen LogP contribution in [0.15, 0.2) is 96.1 Å². The van der Waals surface area contributed by atoms with Crippen molar-refractivity contribution in [3.8, 4) is 0 Å². The number of carbonyl (C=O) groups is 11. The Balaban J connectivity index is 1.01. The van der Waals surface area contributed by atoms with Gasteiger partial charge >= 0.3 is 24.0 Å². The van der Waals surface area contributed by atoms with Crippen LogP contribution >= 0.6 is 0 Å². The Kier molecular flexibility index (Phi) is 24.3. The molecule has 2 bridgehead atoms. The molecule has 0 heterocycles. The number of aliphatic hydroxyl groups excluding tert-OH is 2. The zero-order valence-corrected chi connectivity index (χ0v) is 56.1. The lowest BCUT2D eigenvalue weighted by atomic mass is 9.37. The topological polar surface area (TPSA) is 386 Å². The smallest absolute Gasteiger partial charge is 0.408 e. The van der Waals surface area contributed by atoms with Crippen LogP contribution in [0.25, 0.3) is 6.08 Å². The molecule has 14 atom stereocenters. The lowest BCUT2D eigenvalue weighted by Gasteiger charge is -2.68. The van der Waals surface area contributed by atoms with Crippen molar-refractivity contribution >= 4 is 71.2 Å². The maximum absolute atomic E-state index is 15.3. The maximum Gasteiger partial charge on any atom is 0.408 e. The monoisotopic (exact) mass is 1350 g/mol. The van der Waals surface area contributed by atoms with Crippen LogP contribution in [-0.2, 0) is 62.1 Å². The van der Waals surface area contributed by atoms with Crippen molar-refractivity contribution in [2.75, 3.05) is 6.54 Å². The van der Waals surface area contributed by atoms with Gasteiger partial charge in [-0.2, -0.15) is 0 Å². The average molecular weight is 1350 g/mol. The zero-order valence-electron chi connectivity index (χ0n) is 56.1. The molecule has 0 radical (unpaired) electrons. The Morgan fingerprint density at radius 3 is 2.07 bits per heavy atom. The predicted molar refractivity (Wildman–Crippen MR) is 346 cm³/mol. The molecule has 7 rings (SSSR count). The number of ether oxygens (including phenoxy) is 4. The van der Waals surface area contributed by atoms with Gasteiger partial charge in [0.1, 0.15) is 53.2 Å². The number of esters is 3. The highest BCUT2D eigenvalue weighted by Crippen LogP contribution is 2.69. The van der Waals surface area contributed by atoms with E-state index in [4.69, 9.17) is 30.4 Å². The SMILES string of the molecule is CC1=C2[C@@H](O)C(=O)[C@@]3(C)[C@H]([C@H](OC(=O)c4ccccc4)[C@](O)(C[C@@H]1OC(=O)[C@H](OC(=O)CCC(=O)NCCCCC(NC(=O)CC[C@H](CC(=O)C(C)NC(=O)/C=C/c1ccc(F)cc1F)C(N)=O)C(N)=O)[C@H](NC(=O)OC(C)(C)C)c1ccccc1)C2(C)C)[C@]1(C)CC[C@@H]1C[C@@H]3O. The molecule has 3 fully saturated rings. The molecule has 0 aliphatic heterocycles. The van der Waals surface area contributed by atoms with E-state index in [1.807, 2.05) is 6.92 Å². The minimum absolute atomic E-state index is 0.0113. The molecule has 2 unspecified atom stereocenters. The van der Waals surface area contributed by atoms with Crippen molar-refractivity contribution in [1.29, 1.82) is 0 Å². The number of ketones is 2. The van der Waals surface area contributed by atoms with Crippen molar-refractivity contribution in [2.45, 2.75) is 199 Å². The first-order valence-corrected chi connectivity index (χ1v) is 32.6. The molecule has 97 heavy (non-hydrogen) atoms. The number of aliphatic hydroxyl groups is 3. The molecule has 3 aromatic carbocycles. The fourth-order valence-electron chi connectivity index (χ4n) is 14.2. The van der Waals surface area contributed by atoms with E-state index in [1.54, 1.807) is 71.0 Å². The second-order valence-electron chi connectivity index (χ2n) is 27.8. The molecule has 0 aromatic heterocycles. The number of halogens is 2. The summed E-state index contributed by atoms with van der Waals surface area (Å²) in [4.78, 5) is 149. The zero-order chi connectivity index (χ0) is 71.7. The third-order valence-electron chi connectivity index (χ3n) is 19.9. The molecule has 0 saturated heterocycles. The van der Waals surface area contributed by atoms with Crippen LogP contribution < -0.4 is 32.7 Å². The summed E-state index contributed by atoms with van der Waals surface area (Å²) < 4.78 is 51.6. The molecule has 3 aromatic rings. The molecule has 0 spiro atoms. The molecule has 11 N–H and O–H groups in total. The number of rotatable bonds is 28. The minimum atomic E-state index is -2.28. The number of fused-ring (bicyclic) bond motifs is 5. The quantitative estimate of drug-likeness (QED) is 0.0134. The van der Waals surface area contributed by atoms with Crippen molar-refractivity contribution in [2.24, 2.45) is 45.5 Å². The summed E-state index contributed by atoms with van der Waals surface area (Å²) in [5.41, 5.74) is 3.91. The van der Waals surface area contributed by atoms with E-state index in [1.165, 1.54) is 45.0 Å². The molecule has 24 nitrogen and oxygen atoms in total. The number of carbonyl (C=O) groups excluding carboxylic acids is 11. The third kappa shape index (κ3) is 17.5. The van der Waals surface area contributed by atoms with Crippen LogP contribution in [0.4, 0.5) is 13.6 Å². The standard InChI is InChI=1S/C71H90F2N6O18/c1-38-49(37-71(93)61(96-64(90)42-20-14-11-15-21-42)59-69(8)32-31-44(69)35-50(81)70(59,9)60(87)57(86)55(38)68(71,6)7)94-65(91)58(56(41-18-12-10-13-19-41)79-66(92)97-67(3,4)5)95-54(85)30-29-51(82)76-33-17-16-22-47(63(75)89)78-53(84)28-25-43(62(74)88)34-48(80)39(2)77-52(83)27-24-40-23-26-45(72)36-46(40)73/h10-15,18-21,23-24,26-27,36,39,43-44,47,49-50,56-59,61,81,86,93H,16-17,22,25,28-35,37H2,1-9H3,(H2,74,88)(H2,75,89)(H,76,82)(H,77,83)(H,78,84)(H,79,92)/b27-24+/t39?,43-,44-,47?,49+,50+,56-,57-,58-,59-,61+,69-,70-,71-/m1/s1. The number of Topliss-reactive ketones (excluding diaryl/α,β-unsaturated/α-hetero) is 2. The fourth-order valence-corrected chi connectivity index (χ4v) is 14.2. The summed E-state index contributed by atoms with van der Waals surface area (Å²) in [5, 5.41) is 48.6. The van der Waals surface area contributed by atoms with Gasteiger partial charge in [-0.3, -0.25) is 38.4 Å². The van der Waals surface area contributed by atoms with Crippen molar-refractivity contribution in [3.63, 3.8) is 0 Å². The summed E-state index contributed by atoms with van der Waals surface area (Å²) in [5.74, 6) is -12.7. The Labute approximate surface area is 561 Å². The van der Waals surface area contributed by atoms with Gasteiger partial charge in [0, 0.05) is 67.2 Å². The van der Waals surface area contributed by atoms with Gasteiger partial charge in [0.25, 0.3) is 0 Å². The van der Waals surface area contributed by atoms with Gasteiger partial charge in [-0.05, 0) is 145 Å². The van der Waals surface area contributed by atoms with Crippen LogP contribution in [0.1, 0.15) is 167 Å². The van der Waals surface area contributed by atoms with Gasteiger partial charge in [-0.25, -0.2) is 23.2 Å². The van der Waals surface area contributed by atoms with E-state index in [0.717, 1.165) is 24.3 Å². The first-order valence-electron chi connectivity index (χ1n) is 32.6. The molecule has 6 amide bonds. The summed E-state index contributed by atoms with van der Waals surface area (Å²) in [6, 6.07) is 14.8. The number of nitrogens with one attached hydrogen (secondary N) is 4. The predicted octanol–water partition coefficient (Wildman–Crippen LogP) is 5.90. The van der Waals surface area contributed by atoms with Gasteiger partial charge in [0.05, 0.1) is 29.5 Å². The molecular weight excluding hydrogens is 1260 g/mol. The Bertz CT molecular complexity index is 3540. The molecule has 26 heteroatoms. The summed E-state index contributed by atoms with van der Waals surface area (Å²) in [7, 11) is 0. The number of benzene rings is 3. The second-order valence-corrected chi connectivity index (χ2v) is 27.8. The van der Waals surface area contributed by atoms with Gasteiger partial charge in [0.2, 0.25) is 35.6 Å². The van der Waals surface area contributed by atoms with E-state index < -0.39 is 190 Å². The Hall–Kier alpha value is -8.75. The van der Waals surface area contributed by atoms with Crippen LogP contribution in [-0.4, -0.2) is 141 Å². The number of amides is 6. The highest BCUT2D eigenvalue weighted by atomic mass is 19.1. The number of primary amides is 2. The highest BCUT2D eigenvalue weighted by Gasteiger charge is 2.74. The van der Waals surface area contributed by atoms with Crippen LogP contribution in [0.5, 0.6) is 0 Å². The summed E-state index contributed by atoms with van der Waals surface area (Å²) in [6.07, 6.45) is -8.30.